The van der Waals surface area contributed by atoms with Crippen molar-refractivity contribution >= 4 is 35.7 Å². The second-order valence-corrected chi connectivity index (χ2v) is 4.12. The van der Waals surface area contributed by atoms with Crippen LogP contribution in [-0.4, -0.2) is 40.8 Å². The van der Waals surface area contributed by atoms with Crippen molar-refractivity contribution in [3.63, 3.8) is 0 Å². The molecule has 0 rings (SSSR count). The van der Waals surface area contributed by atoms with Gasteiger partial charge >= 0.3 is 11.9 Å². The third-order valence-corrected chi connectivity index (χ3v) is 2.55. The van der Waals surface area contributed by atoms with Crippen molar-refractivity contribution in [2.24, 2.45) is 5.73 Å². The minimum absolute atomic E-state index is 0.263. The van der Waals surface area contributed by atoms with Gasteiger partial charge in [0.15, 0.2) is 0 Å². The molecule has 0 heterocycles. The van der Waals surface area contributed by atoms with Crippen LogP contribution in [0, 0.1) is 0 Å². The molecule has 0 saturated heterocycles. The molecule has 0 amide bonds. The fraction of sp³-hybridized carbons (Fsp3) is 0.714. The number of carboxylic acid groups (broad SMARTS) is 1. The van der Waals surface area contributed by atoms with Gasteiger partial charge in [0.2, 0.25) is 0 Å². The lowest BCUT2D eigenvalue weighted by atomic mass is 10.2. The number of carbonyl (C=O) groups excluding carboxylic acids is 1. The number of hydrogen-bond acceptors (Lipinski definition) is 6. The molecule has 0 bridgehead atoms. The van der Waals surface area contributed by atoms with Crippen LogP contribution in [0.2, 0.25) is 0 Å². The van der Waals surface area contributed by atoms with Gasteiger partial charge in [-0.3, -0.25) is 4.79 Å². The van der Waals surface area contributed by atoms with Crippen LogP contribution in [-0.2, 0) is 13.8 Å². The summed E-state index contributed by atoms with van der Waals surface area (Å²) in [6, 6.07) is -0.663. The molecule has 0 aromatic carbocycles. The van der Waals surface area contributed by atoms with Crippen LogP contribution in [0.3, 0.4) is 0 Å². The van der Waals surface area contributed by atoms with E-state index in [-0.39, 0.29) is 5.75 Å². The van der Waals surface area contributed by atoms with Crippen molar-refractivity contribution in [2.45, 2.75) is 12.5 Å². The first kappa shape index (κ1) is 13.6. The molecule has 5 nitrogen and oxygen atoms in total. The fourth-order valence-corrected chi connectivity index (χ4v) is 1.45. The molecule has 0 aliphatic rings. The molecule has 14 heavy (non-hydrogen) atoms. The summed E-state index contributed by atoms with van der Waals surface area (Å²) < 4.78 is 4.57. The average molecular weight is 239 g/mol. The third-order valence-electron chi connectivity index (χ3n) is 1.26. The van der Waals surface area contributed by atoms with Crippen molar-refractivity contribution in [1.29, 1.82) is 0 Å². The first-order valence-corrected chi connectivity index (χ1v) is 6.18. The van der Waals surface area contributed by atoms with Crippen LogP contribution in [0.15, 0.2) is 0 Å². The summed E-state index contributed by atoms with van der Waals surface area (Å²) in [5.74, 6) is -1.08. The first-order valence-electron chi connectivity index (χ1n) is 3.87. The number of thioether (sulfide) groups is 1. The smallest absolute Gasteiger partial charge is 0.334 e. The van der Waals surface area contributed by atoms with Gasteiger partial charge in [0.05, 0.1) is 12.0 Å². The van der Waals surface area contributed by atoms with E-state index < -0.39 is 18.0 Å². The van der Waals surface area contributed by atoms with Crippen LogP contribution < -0.4 is 5.73 Å². The Morgan fingerprint density at radius 3 is 2.71 bits per heavy atom. The quantitative estimate of drug-likeness (QED) is 0.619. The zero-order valence-electron chi connectivity index (χ0n) is 7.76. The maximum atomic E-state index is 11.1. The predicted molar refractivity (Wildman–Crippen MR) is 57.2 cm³/mol. The molecular weight excluding hydrogens is 226 g/mol. The van der Waals surface area contributed by atoms with Crippen LogP contribution in [0.25, 0.3) is 0 Å². The minimum Gasteiger partial charge on any atom is -0.481 e. The van der Waals surface area contributed by atoms with E-state index in [0.717, 1.165) is 5.75 Å². The van der Waals surface area contributed by atoms with Gasteiger partial charge in [0.1, 0.15) is 11.8 Å². The molecule has 0 aromatic heterocycles. The Hall–Kier alpha value is -0.400. The van der Waals surface area contributed by atoms with Gasteiger partial charge in [-0.15, -0.1) is 0 Å². The summed E-state index contributed by atoms with van der Waals surface area (Å²) in [5.41, 5.74) is 5.47. The van der Waals surface area contributed by atoms with Gasteiger partial charge in [0, 0.05) is 0 Å². The largest absolute Gasteiger partial charge is 0.481 e. The average Bonchev–Trinajstić information content (AvgIpc) is 2.13. The number of nitrogens with two attached hydrogens (primary N) is 1. The highest BCUT2D eigenvalue weighted by Gasteiger charge is 2.15. The van der Waals surface area contributed by atoms with E-state index in [4.69, 9.17) is 10.8 Å². The number of carboxylic acids is 1. The van der Waals surface area contributed by atoms with Gasteiger partial charge in [-0.2, -0.15) is 11.8 Å². The van der Waals surface area contributed by atoms with E-state index in [1.54, 1.807) is 11.8 Å². The second-order valence-electron chi connectivity index (χ2n) is 2.45. The molecule has 3 N–H and O–H groups in total. The maximum Gasteiger partial charge on any atom is 0.334 e. The Balaban J connectivity index is 3.56. The SMILES string of the molecule is CSCC[C@H](N)C(=O)OSCC(=O)O. The lowest BCUT2D eigenvalue weighted by molar-refractivity contribution is -0.134. The third kappa shape index (κ3) is 7.05. The van der Waals surface area contributed by atoms with Crippen LogP contribution in [0.4, 0.5) is 0 Å². The summed E-state index contributed by atoms with van der Waals surface area (Å²) in [7, 11) is 0. The Morgan fingerprint density at radius 1 is 1.57 bits per heavy atom. The van der Waals surface area contributed by atoms with Gasteiger partial charge < -0.3 is 15.0 Å². The minimum atomic E-state index is -1.03. The highest BCUT2D eigenvalue weighted by molar-refractivity contribution is 7.98. The molecule has 1 atom stereocenters. The summed E-state index contributed by atoms with van der Waals surface area (Å²) in [5, 5.41) is 8.26. The highest BCUT2D eigenvalue weighted by Crippen LogP contribution is 2.06. The normalized spacial score (nSPS) is 12.1. The molecule has 0 fully saturated rings. The monoisotopic (exact) mass is 239 g/mol. The van der Waals surface area contributed by atoms with E-state index in [9.17, 15) is 9.59 Å². The van der Waals surface area contributed by atoms with Crippen molar-refractivity contribution < 1.29 is 18.9 Å². The number of carbonyl (C=O) groups is 2. The topological polar surface area (TPSA) is 89.6 Å². The summed E-state index contributed by atoms with van der Waals surface area (Å²) in [6.45, 7) is 0. The van der Waals surface area contributed by atoms with Crippen molar-refractivity contribution in [3.05, 3.63) is 0 Å². The zero-order valence-corrected chi connectivity index (χ0v) is 9.40. The predicted octanol–water partition coefficient (Wildman–Crippen LogP) is 0.343. The molecule has 0 aliphatic heterocycles. The molecule has 0 aliphatic carbocycles. The van der Waals surface area contributed by atoms with E-state index >= 15 is 0 Å². The standard InChI is InChI=1S/C7H13NO4S2/c1-13-3-2-5(8)7(11)12-14-4-6(9)10/h5H,2-4,8H2,1H3,(H,9,10)/t5-/m0/s1. The molecule has 7 heteroatoms. The van der Waals surface area contributed by atoms with Gasteiger partial charge in [0.25, 0.3) is 0 Å². The molecule has 82 valence electrons. The number of hydrogen-bond donors (Lipinski definition) is 2. The van der Waals surface area contributed by atoms with E-state index in [1.165, 1.54) is 0 Å². The Labute approximate surface area is 91.0 Å². The maximum absolute atomic E-state index is 11.1. The van der Waals surface area contributed by atoms with Crippen molar-refractivity contribution in [3.8, 4) is 0 Å². The van der Waals surface area contributed by atoms with E-state index in [1.807, 2.05) is 6.26 Å². The number of rotatable bonds is 7. The molecule has 0 spiro atoms. The van der Waals surface area contributed by atoms with Gasteiger partial charge in [-0.05, 0) is 18.4 Å². The molecular formula is C7H13NO4S2. The molecule has 0 saturated carbocycles. The summed E-state index contributed by atoms with van der Waals surface area (Å²) >= 11 is 2.18. The van der Waals surface area contributed by atoms with Crippen molar-refractivity contribution in [2.75, 3.05) is 17.8 Å². The lowest BCUT2D eigenvalue weighted by Gasteiger charge is -2.08. The molecule has 0 unspecified atom stereocenters. The Morgan fingerprint density at radius 2 is 2.21 bits per heavy atom. The van der Waals surface area contributed by atoms with Crippen LogP contribution in [0.5, 0.6) is 0 Å². The fourth-order valence-electron chi connectivity index (χ4n) is 0.562. The van der Waals surface area contributed by atoms with Gasteiger partial charge in [-0.25, -0.2) is 4.79 Å². The Bertz CT molecular complexity index is 200. The Kier molecular flexibility index (Phi) is 7.73. The zero-order chi connectivity index (χ0) is 11.0. The van der Waals surface area contributed by atoms with Crippen LogP contribution >= 0.6 is 23.8 Å². The van der Waals surface area contributed by atoms with Crippen LogP contribution in [0.1, 0.15) is 6.42 Å². The number of aliphatic carboxylic acids is 1. The lowest BCUT2D eigenvalue weighted by Crippen LogP contribution is -2.31. The van der Waals surface area contributed by atoms with E-state index in [0.29, 0.717) is 18.5 Å². The van der Waals surface area contributed by atoms with E-state index in [2.05, 4.69) is 4.18 Å². The molecule has 0 radical (unpaired) electrons. The summed E-state index contributed by atoms with van der Waals surface area (Å²) in [6.07, 6.45) is 2.45. The highest BCUT2D eigenvalue weighted by atomic mass is 32.2. The van der Waals surface area contributed by atoms with Gasteiger partial charge in [-0.1, -0.05) is 0 Å². The van der Waals surface area contributed by atoms with Crippen molar-refractivity contribution in [1.82, 2.24) is 0 Å². The second kappa shape index (κ2) is 7.95. The first-order chi connectivity index (χ1) is 6.57. The molecule has 0 aromatic rings. The summed E-state index contributed by atoms with van der Waals surface area (Å²) in [4.78, 5) is 21.1.